The molecule has 0 radical (unpaired) electrons. The molecule has 15 heavy (non-hydrogen) atoms. The Kier molecular flexibility index (Phi) is 3.38. The molecule has 0 bridgehead atoms. The smallest absolute Gasteiger partial charge is 0.465 e. The van der Waals surface area contributed by atoms with Gasteiger partial charge in [0.05, 0.1) is 12.7 Å². The van der Waals surface area contributed by atoms with Crippen molar-refractivity contribution in [3.05, 3.63) is 29.3 Å². The molecule has 0 aliphatic rings. The molecule has 1 rings (SSSR count). The predicted octanol–water partition coefficient (Wildman–Crippen LogP) is -0.569. The van der Waals surface area contributed by atoms with Crippen LogP contribution in [0.1, 0.15) is 10.4 Å². The van der Waals surface area contributed by atoms with Crippen LogP contribution in [-0.2, 0) is 4.74 Å². The van der Waals surface area contributed by atoms with Crippen LogP contribution in [0.15, 0.2) is 12.1 Å². The molecule has 0 aliphatic carbocycles. The minimum Gasteiger partial charge on any atom is -0.465 e. The topological polar surface area (TPSA) is 66.8 Å². The molecule has 80 valence electrons. The molecule has 1 aromatic rings. The number of methoxy groups -OCH3 is 1. The summed E-state index contributed by atoms with van der Waals surface area (Å²) in [4.78, 5) is 11.0. The minimum absolute atomic E-state index is 0.292. The molecule has 0 saturated carbocycles. The molecule has 0 saturated heterocycles. The molecule has 0 amide bonds. The van der Waals surface area contributed by atoms with Crippen molar-refractivity contribution >= 4 is 18.6 Å². The van der Waals surface area contributed by atoms with E-state index in [1.165, 1.54) is 0 Å². The van der Waals surface area contributed by atoms with Crippen molar-refractivity contribution in [2.45, 2.75) is 0 Å². The third-order valence-corrected chi connectivity index (χ3v) is 1.76. The van der Waals surface area contributed by atoms with Gasteiger partial charge < -0.3 is 14.8 Å². The van der Waals surface area contributed by atoms with Crippen LogP contribution in [0.25, 0.3) is 0 Å². The molecule has 0 atom stereocenters. The molecule has 0 unspecified atom stereocenters. The average molecular weight is 216 g/mol. The second kappa shape index (κ2) is 4.37. The van der Waals surface area contributed by atoms with Gasteiger partial charge >= 0.3 is 13.1 Å². The molecule has 0 aromatic heterocycles. The van der Waals surface area contributed by atoms with E-state index in [0.717, 1.165) is 13.2 Å². The SMILES string of the molecule is COC(=O)c1cc(F)c(F)c(B(O)O)c1. The van der Waals surface area contributed by atoms with Gasteiger partial charge in [-0.25, -0.2) is 13.6 Å². The highest BCUT2D eigenvalue weighted by Gasteiger charge is 2.22. The van der Waals surface area contributed by atoms with Crippen LogP contribution in [-0.4, -0.2) is 30.2 Å². The number of benzene rings is 1. The Hall–Kier alpha value is -1.47. The fourth-order valence-corrected chi connectivity index (χ4v) is 1.03. The Balaban J connectivity index is 3.29. The normalized spacial score (nSPS) is 9.93. The van der Waals surface area contributed by atoms with E-state index in [2.05, 4.69) is 4.74 Å². The Bertz CT molecular complexity index is 394. The molecular formula is C8H7BF2O4. The molecule has 0 spiro atoms. The molecule has 1 aromatic carbocycles. The summed E-state index contributed by atoms with van der Waals surface area (Å²) in [6, 6.07) is 1.43. The zero-order valence-corrected chi connectivity index (χ0v) is 7.70. The number of ether oxygens (including phenoxy) is 1. The van der Waals surface area contributed by atoms with E-state index in [0.29, 0.717) is 6.07 Å². The summed E-state index contributed by atoms with van der Waals surface area (Å²) in [5.41, 5.74) is -1.00. The summed E-state index contributed by atoms with van der Waals surface area (Å²) in [5, 5.41) is 17.4. The first-order valence-corrected chi connectivity index (χ1v) is 3.90. The standard InChI is InChI=1S/C8H7BF2O4/c1-15-8(12)4-2-5(9(13)14)7(11)6(10)3-4/h2-3,13-14H,1H3. The second-order valence-electron chi connectivity index (χ2n) is 2.73. The van der Waals surface area contributed by atoms with Crippen molar-refractivity contribution in [3.63, 3.8) is 0 Å². The summed E-state index contributed by atoms with van der Waals surface area (Å²) in [5.74, 6) is -3.64. The summed E-state index contributed by atoms with van der Waals surface area (Å²) in [7, 11) is -1.12. The van der Waals surface area contributed by atoms with Crippen LogP contribution in [0.4, 0.5) is 8.78 Å². The maximum atomic E-state index is 13.0. The van der Waals surface area contributed by atoms with E-state index < -0.39 is 30.2 Å². The number of hydrogen-bond acceptors (Lipinski definition) is 4. The maximum Gasteiger partial charge on any atom is 0.491 e. The van der Waals surface area contributed by atoms with Crippen molar-refractivity contribution in [2.24, 2.45) is 0 Å². The lowest BCUT2D eigenvalue weighted by atomic mass is 9.79. The lowest BCUT2D eigenvalue weighted by Crippen LogP contribution is -2.34. The van der Waals surface area contributed by atoms with E-state index in [9.17, 15) is 13.6 Å². The zero-order chi connectivity index (χ0) is 11.6. The van der Waals surface area contributed by atoms with Gasteiger partial charge in [0.15, 0.2) is 11.6 Å². The van der Waals surface area contributed by atoms with Crippen molar-refractivity contribution in [2.75, 3.05) is 7.11 Å². The van der Waals surface area contributed by atoms with Gasteiger partial charge in [0.1, 0.15) is 0 Å². The summed E-state index contributed by atoms with van der Waals surface area (Å²) in [6.45, 7) is 0. The Morgan fingerprint density at radius 3 is 2.47 bits per heavy atom. The number of halogens is 2. The number of carbonyl (C=O) groups excluding carboxylic acids is 1. The first-order valence-electron chi connectivity index (χ1n) is 3.90. The highest BCUT2D eigenvalue weighted by molar-refractivity contribution is 6.58. The molecule has 7 heteroatoms. The highest BCUT2D eigenvalue weighted by Crippen LogP contribution is 2.08. The van der Waals surface area contributed by atoms with Gasteiger partial charge in [-0.3, -0.25) is 0 Å². The molecule has 2 N–H and O–H groups in total. The lowest BCUT2D eigenvalue weighted by molar-refractivity contribution is 0.0600. The van der Waals surface area contributed by atoms with Crippen molar-refractivity contribution in [1.82, 2.24) is 0 Å². The van der Waals surface area contributed by atoms with E-state index in [4.69, 9.17) is 10.0 Å². The van der Waals surface area contributed by atoms with Gasteiger partial charge in [-0.15, -0.1) is 0 Å². The van der Waals surface area contributed by atoms with Crippen LogP contribution in [0.5, 0.6) is 0 Å². The summed E-state index contributed by atoms with van der Waals surface area (Å²) < 4.78 is 30.1. The van der Waals surface area contributed by atoms with E-state index >= 15 is 0 Å². The summed E-state index contributed by atoms with van der Waals surface area (Å²) >= 11 is 0. The first-order chi connectivity index (χ1) is 6.97. The predicted molar refractivity (Wildman–Crippen MR) is 47.5 cm³/mol. The number of carbonyl (C=O) groups is 1. The Morgan fingerprint density at radius 2 is 2.00 bits per heavy atom. The average Bonchev–Trinajstić information content (AvgIpc) is 2.20. The monoisotopic (exact) mass is 216 g/mol. The van der Waals surface area contributed by atoms with Crippen molar-refractivity contribution in [1.29, 1.82) is 0 Å². The Morgan fingerprint density at radius 1 is 1.40 bits per heavy atom. The highest BCUT2D eigenvalue weighted by atomic mass is 19.2. The summed E-state index contributed by atoms with van der Waals surface area (Å²) in [6.07, 6.45) is 0. The first kappa shape index (κ1) is 11.6. The van der Waals surface area contributed by atoms with E-state index in [1.54, 1.807) is 0 Å². The van der Waals surface area contributed by atoms with Gasteiger partial charge in [0.2, 0.25) is 0 Å². The Labute approximate surface area is 84.2 Å². The maximum absolute atomic E-state index is 13.0. The number of rotatable bonds is 2. The van der Waals surface area contributed by atoms with Gasteiger partial charge in [-0.1, -0.05) is 0 Å². The lowest BCUT2D eigenvalue weighted by Gasteiger charge is -2.05. The van der Waals surface area contributed by atoms with Crippen LogP contribution >= 0.6 is 0 Å². The third-order valence-electron chi connectivity index (χ3n) is 1.76. The quantitative estimate of drug-likeness (QED) is 0.513. The molecule has 4 nitrogen and oxygen atoms in total. The van der Waals surface area contributed by atoms with Gasteiger partial charge in [-0.2, -0.15) is 0 Å². The van der Waals surface area contributed by atoms with Crippen LogP contribution in [0, 0.1) is 11.6 Å². The fraction of sp³-hybridized carbons (Fsp3) is 0.125. The fourth-order valence-electron chi connectivity index (χ4n) is 1.03. The molecule has 0 heterocycles. The zero-order valence-electron chi connectivity index (χ0n) is 7.70. The van der Waals surface area contributed by atoms with Gasteiger partial charge in [0.25, 0.3) is 0 Å². The minimum atomic E-state index is -2.19. The van der Waals surface area contributed by atoms with Crippen LogP contribution < -0.4 is 5.46 Å². The molecule has 0 fully saturated rings. The number of hydrogen-bond donors (Lipinski definition) is 2. The van der Waals surface area contributed by atoms with Gasteiger partial charge in [-0.05, 0) is 12.1 Å². The van der Waals surface area contributed by atoms with Crippen molar-refractivity contribution in [3.8, 4) is 0 Å². The number of esters is 1. The van der Waals surface area contributed by atoms with Crippen molar-refractivity contribution < 1.29 is 28.4 Å². The molecular weight excluding hydrogens is 209 g/mol. The second-order valence-corrected chi connectivity index (χ2v) is 2.73. The third kappa shape index (κ3) is 2.31. The van der Waals surface area contributed by atoms with E-state index in [1.807, 2.05) is 0 Å². The van der Waals surface area contributed by atoms with E-state index in [-0.39, 0.29) is 5.56 Å². The van der Waals surface area contributed by atoms with Gasteiger partial charge in [0, 0.05) is 5.46 Å². The molecule has 0 aliphatic heterocycles. The van der Waals surface area contributed by atoms with Crippen LogP contribution in [0.2, 0.25) is 0 Å². The largest absolute Gasteiger partial charge is 0.491 e. The van der Waals surface area contributed by atoms with Crippen LogP contribution in [0.3, 0.4) is 0 Å².